The minimum absolute atomic E-state index is 0.0353. The number of pyridine rings is 1. The Bertz CT molecular complexity index is 592. The number of hydrogen-bond donors (Lipinski definition) is 1. The predicted molar refractivity (Wildman–Crippen MR) is 55.0 cm³/mol. The first kappa shape index (κ1) is 10.7. The summed E-state index contributed by atoms with van der Waals surface area (Å²) in [6, 6.07) is 3.98. The van der Waals surface area contributed by atoms with Crippen LogP contribution in [0.3, 0.4) is 0 Å². The van der Waals surface area contributed by atoms with Gasteiger partial charge in [0.2, 0.25) is 0 Å². The van der Waals surface area contributed by atoms with Gasteiger partial charge in [-0.2, -0.15) is 0 Å². The van der Waals surface area contributed by atoms with Crippen molar-refractivity contribution in [3.05, 3.63) is 46.3 Å². The highest BCUT2D eigenvalue weighted by molar-refractivity contribution is 5.90. The van der Waals surface area contributed by atoms with E-state index in [2.05, 4.69) is 10.1 Å². The Morgan fingerprint density at radius 2 is 2.24 bits per heavy atom. The van der Waals surface area contributed by atoms with Gasteiger partial charge >= 0.3 is 11.8 Å². The van der Waals surface area contributed by atoms with Crippen LogP contribution in [0, 0.1) is 10.1 Å². The number of aromatic carboxylic acids is 1. The Balaban J connectivity index is 2.52. The SMILES string of the molecule is O=C(O)c1cccnc1-n1ccc([N+](=O)[O-])n1. The zero-order chi connectivity index (χ0) is 12.4. The molecule has 0 saturated carbocycles. The third-order valence-electron chi connectivity index (χ3n) is 2.00. The zero-order valence-corrected chi connectivity index (χ0v) is 8.35. The quantitative estimate of drug-likeness (QED) is 0.623. The van der Waals surface area contributed by atoms with Crippen LogP contribution in [0.1, 0.15) is 10.4 Å². The van der Waals surface area contributed by atoms with Crippen molar-refractivity contribution in [2.45, 2.75) is 0 Å². The van der Waals surface area contributed by atoms with Crippen molar-refractivity contribution in [3.63, 3.8) is 0 Å². The Morgan fingerprint density at radius 3 is 2.82 bits per heavy atom. The molecule has 0 spiro atoms. The number of carbonyl (C=O) groups is 1. The minimum atomic E-state index is -1.17. The second-order valence-electron chi connectivity index (χ2n) is 3.06. The van der Waals surface area contributed by atoms with E-state index in [0.29, 0.717) is 0 Å². The van der Waals surface area contributed by atoms with Gasteiger partial charge in [-0.15, -0.1) is 4.68 Å². The average Bonchev–Trinajstić information content (AvgIpc) is 2.78. The van der Waals surface area contributed by atoms with Gasteiger partial charge in [-0.25, -0.2) is 9.78 Å². The summed E-state index contributed by atoms with van der Waals surface area (Å²) in [5, 5.41) is 23.0. The van der Waals surface area contributed by atoms with Crippen molar-refractivity contribution >= 4 is 11.8 Å². The van der Waals surface area contributed by atoms with Gasteiger partial charge in [0.15, 0.2) is 5.82 Å². The van der Waals surface area contributed by atoms with Crippen molar-refractivity contribution in [1.82, 2.24) is 14.8 Å². The molecular weight excluding hydrogens is 228 g/mol. The number of aromatic nitrogens is 3. The Morgan fingerprint density at radius 1 is 1.47 bits per heavy atom. The van der Waals surface area contributed by atoms with Gasteiger partial charge in [0, 0.05) is 6.20 Å². The smallest absolute Gasteiger partial charge is 0.390 e. The summed E-state index contributed by atoms with van der Waals surface area (Å²) in [6.07, 6.45) is 2.67. The molecule has 2 rings (SSSR count). The second-order valence-corrected chi connectivity index (χ2v) is 3.06. The lowest BCUT2D eigenvalue weighted by Crippen LogP contribution is -2.08. The molecule has 2 aromatic rings. The highest BCUT2D eigenvalue weighted by Gasteiger charge is 2.18. The Hall–Kier alpha value is -2.77. The molecule has 0 saturated heterocycles. The van der Waals surface area contributed by atoms with Crippen LogP contribution < -0.4 is 0 Å². The molecule has 0 fully saturated rings. The lowest BCUT2D eigenvalue weighted by atomic mass is 10.2. The number of nitro groups is 1. The summed E-state index contributed by atoms with van der Waals surface area (Å²) < 4.78 is 1.06. The number of rotatable bonds is 3. The second kappa shape index (κ2) is 4.00. The summed E-state index contributed by atoms with van der Waals surface area (Å²) in [5.74, 6) is -1.51. The van der Waals surface area contributed by atoms with Gasteiger partial charge in [-0.05, 0) is 17.1 Å². The van der Waals surface area contributed by atoms with Crippen LogP contribution in [-0.2, 0) is 0 Å². The molecule has 17 heavy (non-hydrogen) atoms. The van der Waals surface area contributed by atoms with Crippen LogP contribution in [0.15, 0.2) is 30.6 Å². The summed E-state index contributed by atoms with van der Waals surface area (Å²) in [6.45, 7) is 0. The fraction of sp³-hybridized carbons (Fsp3) is 0. The lowest BCUT2D eigenvalue weighted by molar-refractivity contribution is -0.389. The standard InChI is InChI=1S/C9H6N4O4/c14-9(15)6-2-1-4-10-8(6)12-5-3-7(11-12)13(16)17/h1-5H,(H,14,15). The predicted octanol–water partition coefficient (Wildman–Crippen LogP) is 0.874. The molecule has 2 aromatic heterocycles. The van der Waals surface area contributed by atoms with Crippen molar-refractivity contribution in [2.75, 3.05) is 0 Å². The molecule has 0 aromatic carbocycles. The van der Waals surface area contributed by atoms with E-state index in [1.54, 1.807) is 0 Å². The topological polar surface area (TPSA) is 111 Å². The van der Waals surface area contributed by atoms with E-state index < -0.39 is 10.9 Å². The highest BCUT2D eigenvalue weighted by atomic mass is 16.6. The number of carboxylic acid groups (broad SMARTS) is 1. The molecule has 0 unspecified atom stereocenters. The van der Waals surface area contributed by atoms with Gasteiger partial charge in [0.1, 0.15) is 5.56 Å². The number of carboxylic acids is 1. The summed E-state index contributed by atoms with van der Waals surface area (Å²) in [7, 11) is 0. The third-order valence-corrected chi connectivity index (χ3v) is 2.00. The molecule has 0 aliphatic heterocycles. The molecule has 0 bridgehead atoms. The molecule has 1 N–H and O–H groups in total. The molecule has 0 aliphatic rings. The van der Waals surface area contributed by atoms with E-state index in [0.717, 1.165) is 4.68 Å². The van der Waals surface area contributed by atoms with Gasteiger partial charge in [-0.1, -0.05) is 0 Å². The van der Waals surface area contributed by atoms with E-state index in [-0.39, 0.29) is 17.2 Å². The first-order chi connectivity index (χ1) is 8.09. The first-order valence-corrected chi connectivity index (χ1v) is 4.48. The molecular formula is C9H6N4O4. The van der Waals surface area contributed by atoms with Gasteiger partial charge < -0.3 is 15.2 Å². The molecule has 0 atom stereocenters. The molecule has 0 aliphatic carbocycles. The van der Waals surface area contributed by atoms with Crippen molar-refractivity contribution in [3.8, 4) is 5.82 Å². The molecule has 86 valence electrons. The van der Waals surface area contributed by atoms with Gasteiger partial charge in [-0.3, -0.25) is 0 Å². The van der Waals surface area contributed by atoms with Gasteiger partial charge in [0.25, 0.3) is 0 Å². The zero-order valence-electron chi connectivity index (χ0n) is 8.35. The van der Waals surface area contributed by atoms with Crippen LogP contribution in [-0.4, -0.2) is 30.8 Å². The van der Waals surface area contributed by atoms with Crippen LogP contribution in [0.5, 0.6) is 0 Å². The molecule has 8 nitrogen and oxygen atoms in total. The van der Waals surface area contributed by atoms with Crippen molar-refractivity contribution in [2.24, 2.45) is 0 Å². The number of nitrogens with zero attached hydrogens (tertiary/aromatic N) is 4. The van der Waals surface area contributed by atoms with Crippen LogP contribution in [0.2, 0.25) is 0 Å². The maximum Gasteiger partial charge on any atom is 0.390 e. The fourth-order valence-corrected chi connectivity index (χ4v) is 1.28. The van der Waals surface area contributed by atoms with Crippen LogP contribution >= 0.6 is 0 Å². The molecule has 0 radical (unpaired) electrons. The van der Waals surface area contributed by atoms with Crippen LogP contribution in [0.25, 0.3) is 5.82 Å². The van der Waals surface area contributed by atoms with E-state index >= 15 is 0 Å². The molecule has 0 amide bonds. The summed E-state index contributed by atoms with van der Waals surface area (Å²) in [4.78, 5) is 24.6. The van der Waals surface area contributed by atoms with E-state index in [1.807, 2.05) is 0 Å². The summed E-state index contributed by atoms with van der Waals surface area (Å²) in [5.41, 5.74) is -0.0782. The fourth-order valence-electron chi connectivity index (χ4n) is 1.28. The largest absolute Gasteiger partial charge is 0.478 e. The van der Waals surface area contributed by atoms with Crippen molar-refractivity contribution in [1.29, 1.82) is 0 Å². The van der Waals surface area contributed by atoms with Crippen molar-refractivity contribution < 1.29 is 14.8 Å². The Labute approximate surface area is 94.3 Å². The third kappa shape index (κ3) is 1.95. The maximum absolute atomic E-state index is 10.9. The molecule has 8 heteroatoms. The van der Waals surface area contributed by atoms with Crippen LogP contribution in [0.4, 0.5) is 5.82 Å². The first-order valence-electron chi connectivity index (χ1n) is 4.48. The highest BCUT2D eigenvalue weighted by Crippen LogP contribution is 2.13. The average molecular weight is 234 g/mol. The normalized spacial score (nSPS) is 10.1. The molecule has 2 heterocycles. The summed E-state index contributed by atoms with van der Waals surface area (Å²) >= 11 is 0. The number of hydrogen-bond acceptors (Lipinski definition) is 5. The Kier molecular flexibility index (Phi) is 2.53. The van der Waals surface area contributed by atoms with E-state index in [1.165, 1.54) is 30.6 Å². The maximum atomic E-state index is 10.9. The minimum Gasteiger partial charge on any atom is -0.478 e. The van der Waals surface area contributed by atoms with E-state index in [4.69, 9.17) is 5.11 Å². The monoisotopic (exact) mass is 234 g/mol. The van der Waals surface area contributed by atoms with E-state index in [9.17, 15) is 14.9 Å². The lowest BCUT2D eigenvalue weighted by Gasteiger charge is -1.99. The van der Waals surface area contributed by atoms with Gasteiger partial charge in [0.05, 0.1) is 17.4 Å².